The van der Waals surface area contributed by atoms with Crippen LogP contribution in [0.1, 0.15) is 25.8 Å². The van der Waals surface area contributed by atoms with E-state index < -0.39 is 43.2 Å². The molecule has 1 aliphatic rings. The summed E-state index contributed by atoms with van der Waals surface area (Å²) in [5, 5.41) is 5.16. The highest BCUT2D eigenvalue weighted by Crippen LogP contribution is 2.53. The van der Waals surface area contributed by atoms with Gasteiger partial charge in [-0.15, -0.1) is 0 Å². The Labute approximate surface area is 180 Å². The van der Waals surface area contributed by atoms with Crippen molar-refractivity contribution in [3.63, 3.8) is 0 Å². The first-order valence-corrected chi connectivity index (χ1v) is 11.2. The van der Waals surface area contributed by atoms with Gasteiger partial charge in [0.15, 0.2) is 6.10 Å². The lowest BCUT2D eigenvalue weighted by atomic mass is 9.87. The molecule has 0 aromatic carbocycles. The maximum Gasteiger partial charge on any atom is 0.407 e. The van der Waals surface area contributed by atoms with Crippen molar-refractivity contribution in [3.05, 3.63) is 30.1 Å². The SMILES string of the molecule is COC(=O)CCNC(=O)[C@@H]1OP(=O)(N[C@@H](Cc2cccnc2)C(=O)OC)OCC1(C)C. The van der Waals surface area contributed by atoms with E-state index in [1.807, 2.05) is 0 Å². The topological polar surface area (TPSA) is 142 Å². The summed E-state index contributed by atoms with van der Waals surface area (Å²) in [6.45, 7) is 3.40. The van der Waals surface area contributed by atoms with Gasteiger partial charge in [-0.05, 0) is 11.6 Å². The molecule has 0 radical (unpaired) electrons. The fourth-order valence-corrected chi connectivity index (χ4v) is 4.80. The number of nitrogens with zero attached hydrogens (tertiary/aromatic N) is 1. The third-order valence-electron chi connectivity index (χ3n) is 4.62. The Morgan fingerprint density at radius 2 is 2.06 bits per heavy atom. The molecule has 0 bridgehead atoms. The number of aromatic nitrogens is 1. The van der Waals surface area contributed by atoms with Crippen LogP contribution in [-0.4, -0.2) is 62.3 Å². The van der Waals surface area contributed by atoms with Crippen molar-refractivity contribution >= 4 is 25.6 Å². The fourth-order valence-electron chi connectivity index (χ4n) is 2.86. The molecule has 31 heavy (non-hydrogen) atoms. The van der Waals surface area contributed by atoms with Gasteiger partial charge in [0.1, 0.15) is 6.04 Å². The van der Waals surface area contributed by atoms with Crippen LogP contribution < -0.4 is 10.4 Å². The van der Waals surface area contributed by atoms with E-state index in [2.05, 4.69) is 20.1 Å². The third kappa shape index (κ3) is 7.10. The number of hydrogen-bond acceptors (Lipinski definition) is 9. The van der Waals surface area contributed by atoms with E-state index in [0.717, 1.165) is 0 Å². The summed E-state index contributed by atoms with van der Waals surface area (Å²) in [7, 11) is -1.59. The van der Waals surface area contributed by atoms with E-state index in [9.17, 15) is 18.9 Å². The molecular formula is C19H28N3O8P. The number of pyridine rings is 1. The number of carbonyl (C=O) groups is 3. The number of nitrogens with one attached hydrogen (secondary N) is 2. The van der Waals surface area contributed by atoms with Crippen LogP contribution in [0.15, 0.2) is 24.5 Å². The Morgan fingerprint density at radius 1 is 1.32 bits per heavy atom. The Hall–Kier alpha value is -2.33. The molecule has 0 aliphatic carbocycles. The van der Waals surface area contributed by atoms with Crippen molar-refractivity contribution in [2.75, 3.05) is 27.4 Å². The van der Waals surface area contributed by atoms with Crippen molar-refractivity contribution < 1.29 is 37.5 Å². The number of hydrogen-bond donors (Lipinski definition) is 2. The summed E-state index contributed by atoms with van der Waals surface area (Å²) in [5.41, 5.74) is -0.110. The van der Waals surface area contributed by atoms with Crippen LogP contribution in [0.2, 0.25) is 0 Å². The second-order valence-electron chi connectivity index (χ2n) is 7.63. The molecule has 2 heterocycles. The molecule has 2 N–H and O–H groups in total. The Kier molecular flexibility index (Phi) is 8.69. The lowest BCUT2D eigenvalue weighted by Gasteiger charge is -2.40. The van der Waals surface area contributed by atoms with E-state index in [4.69, 9.17) is 13.8 Å². The second-order valence-corrected chi connectivity index (χ2v) is 9.35. The van der Waals surface area contributed by atoms with Gasteiger partial charge in [-0.25, -0.2) is 9.65 Å². The maximum absolute atomic E-state index is 13.3. The molecule has 1 saturated heterocycles. The zero-order valence-corrected chi connectivity index (χ0v) is 18.8. The first-order chi connectivity index (χ1) is 14.6. The molecule has 1 aromatic heterocycles. The summed E-state index contributed by atoms with van der Waals surface area (Å²) in [6.07, 6.45) is 2.12. The first-order valence-electron chi connectivity index (χ1n) is 9.62. The average molecular weight is 457 g/mol. The van der Waals surface area contributed by atoms with Crippen molar-refractivity contribution in [1.82, 2.24) is 15.4 Å². The van der Waals surface area contributed by atoms with Crippen LogP contribution >= 0.6 is 7.75 Å². The Bertz CT molecular complexity index is 833. The third-order valence-corrected chi connectivity index (χ3v) is 6.20. The minimum absolute atomic E-state index is 0.0165. The quantitative estimate of drug-likeness (QED) is 0.407. The lowest BCUT2D eigenvalue weighted by molar-refractivity contribution is -0.143. The summed E-state index contributed by atoms with van der Waals surface area (Å²) in [5.74, 6) is -1.70. The van der Waals surface area contributed by atoms with Gasteiger partial charge >= 0.3 is 19.7 Å². The smallest absolute Gasteiger partial charge is 0.407 e. The first kappa shape index (κ1) is 24.9. The van der Waals surface area contributed by atoms with Crippen LogP contribution in [0.25, 0.3) is 0 Å². The van der Waals surface area contributed by atoms with E-state index >= 15 is 0 Å². The minimum Gasteiger partial charge on any atom is -0.469 e. The number of methoxy groups -OCH3 is 2. The Morgan fingerprint density at radius 3 is 2.68 bits per heavy atom. The Balaban J connectivity index is 2.11. The fraction of sp³-hybridized carbons (Fsp3) is 0.579. The molecule has 1 fully saturated rings. The van der Waals surface area contributed by atoms with Gasteiger partial charge in [0, 0.05) is 30.8 Å². The number of amides is 1. The molecular weight excluding hydrogens is 429 g/mol. The van der Waals surface area contributed by atoms with Crippen LogP contribution in [0.3, 0.4) is 0 Å². The maximum atomic E-state index is 13.3. The van der Waals surface area contributed by atoms with Gasteiger partial charge in [-0.3, -0.25) is 28.4 Å². The van der Waals surface area contributed by atoms with Gasteiger partial charge in [-0.1, -0.05) is 19.9 Å². The van der Waals surface area contributed by atoms with Gasteiger partial charge < -0.3 is 14.8 Å². The van der Waals surface area contributed by atoms with E-state index in [0.29, 0.717) is 5.56 Å². The molecule has 1 amide bonds. The molecule has 1 unspecified atom stereocenters. The van der Waals surface area contributed by atoms with Gasteiger partial charge in [0.05, 0.1) is 27.2 Å². The number of ether oxygens (including phenoxy) is 2. The standard InChI is InChI=1S/C19H28N3O8P/c1-19(2)12-29-31(26,30-16(19)17(24)21-9-7-15(23)27-3)22-14(18(25)28-4)10-13-6-5-8-20-11-13/h5-6,8,11,14,16H,7,9-10,12H2,1-4H3,(H,21,24)(H,22,26)/t14-,16-,31?/m0/s1. The molecule has 0 spiro atoms. The highest BCUT2D eigenvalue weighted by atomic mass is 31.2. The molecule has 3 atom stereocenters. The predicted octanol–water partition coefficient (Wildman–Crippen LogP) is 0.984. The van der Waals surface area contributed by atoms with Crippen LogP contribution in [0.5, 0.6) is 0 Å². The summed E-state index contributed by atoms with van der Waals surface area (Å²) >= 11 is 0. The van der Waals surface area contributed by atoms with E-state index in [-0.39, 0.29) is 26.0 Å². The molecule has 172 valence electrons. The van der Waals surface area contributed by atoms with Crippen LogP contribution in [0.4, 0.5) is 0 Å². The summed E-state index contributed by atoms with van der Waals surface area (Å²) < 4.78 is 33.6. The normalized spacial score (nSPS) is 23.4. The van der Waals surface area contributed by atoms with Gasteiger partial charge in [-0.2, -0.15) is 0 Å². The van der Waals surface area contributed by atoms with Crippen molar-refractivity contribution in [2.24, 2.45) is 5.41 Å². The molecule has 2 rings (SSSR count). The van der Waals surface area contributed by atoms with Gasteiger partial charge in [0.25, 0.3) is 0 Å². The van der Waals surface area contributed by atoms with Crippen LogP contribution in [-0.2, 0) is 43.9 Å². The minimum atomic E-state index is -4.04. The van der Waals surface area contributed by atoms with E-state index in [1.54, 1.807) is 38.4 Å². The summed E-state index contributed by atoms with van der Waals surface area (Å²) in [4.78, 5) is 40.1. The van der Waals surface area contributed by atoms with Crippen LogP contribution in [0, 0.1) is 5.41 Å². The number of esters is 2. The monoisotopic (exact) mass is 457 g/mol. The number of carbonyl (C=O) groups excluding carboxylic acids is 3. The van der Waals surface area contributed by atoms with Gasteiger partial charge in [0.2, 0.25) is 5.91 Å². The lowest BCUT2D eigenvalue weighted by Crippen LogP contribution is -2.52. The molecule has 12 heteroatoms. The zero-order chi connectivity index (χ0) is 23.1. The molecule has 0 saturated carbocycles. The highest BCUT2D eigenvalue weighted by Gasteiger charge is 2.49. The van der Waals surface area contributed by atoms with Crippen molar-refractivity contribution in [1.29, 1.82) is 0 Å². The second kappa shape index (κ2) is 10.8. The highest BCUT2D eigenvalue weighted by molar-refractivity contribution is 7.51. The zero-order valence-electron chi connectivity index (χ0n) is 18.0. The molecule has 1 aromatic rings. The van der Waals surface area contributed by atoms with Crippen molar-refractivity contribution in [2.45, 2.75) is 38.8 Å². The van der Waals surface area contributed by atoms with E-state index in [1.165, 1.54) is 14.2 Å². The molecule has 1 aliphatic heterocycles. The number of rotatable bonds is 9. The molecule has 11 nitrogen and oxygen atoms in total. The van der Waals surface area contributed by atoms with Crippen molar-refractivity contribution in [3.8, 4) is 0 Å². The average Bonchev–Trinajstić information content (AvgIpc) is 2.75. The summed E-state index contributed by atoms with van der Waals surface area (Å²) in [6, 6.07) is 2.41. The largest absolute Gasteiger partial charge is 0.469 e. The predicted molar refractivity (Wildman–Crippen MR) is 109 cm³/mol.